The van der Waals surface area contributed by atoms with Gasteiger partial charge < -0.3 is 24.8 Å². The predicted octanol–water partition coefficient (Wildman–Crippen LogP) is 2.48. The van der Waals surface area contributed by atoms with Gasteiger partial charge in [0.05, 0.1) is 12.4 Å². The summed E-state index contributed by atoms with van der Waals surface area (Å²) in [5.41, 5.74) is 2.04. The molecule has 0 bridgehead atoms. The van der Waals surface area contributed by atoms with Crippen molar-refractivity contribution in [3.8, 4) is 5.75 Å². The largest absolute Gasteiger partial charge is 0.771 e. The van der Waals surface area contributed by atoms with Crippen molar-refractivity contribution in [2.45, 2.75) is 13.5 Å². The lowest BCUT2D eigenvalue weighted by Crippen LogP contribution is -2.27. The summed E-state index contributed by atoms with van der Waals surface area (Å²) in [5, 5.41) is 5.43. The summed E-state index contributed by atoms with van der Waals surface area (Å²) >= 11 is -1.05. The number of hydrogen-bond donors (Lipinski definition) is 2. The van der Waals surface area contributed by atoms with Gasteiger partial charge in [-0.3, -0.25) is 13.8 Å². The molecule has 0 spiro atoms. The molecule has 1 atom stereocenters. The van der Waals surface area contributed by atoms with Crippen molar-refractivity contribution in [1.82, 2.24) is 15.6 Å². The van der Waals surface area contributed by atoms with Crippen LogP contribution in [0, 0.1) is 6.92 Å². The molecule has 0 aliphatic rings. The van der Waals surface area contributed by atoms with Gasteiger partial charge in [0.1, 0.15) is 11.4 Å². The number of hydrogen-bond acceptors (Lipinski definition) is 8. The van der Waals surface area contributed by atoms with Crippen molar-refractivity contribution < 1.29 is 23.1 Å². The monoisotopic (exact) mass is 487 g/mol. The van der Waals surface area contributed by atoms with Gasteiger partial charge in [-0.05, 0) is 47.8 Å². The minimum Gasteiger partial charge on any atom is -0.771 e. The number of nitrogens with zero attached hydrogens (tertiary/aromatic N) is 2. The summed E-state index contributed by atoms with van der Waals surface area (Å²) in [7, 11) is 1.54. The molecule has 174 valence electrons. The molecule has 11 heteroatoms. The van der Waals surface area contributed by atoms with E-state index in [1.165, 1.54) is 11.3 Å². The van der Waals surface area contributed by atoms with Crippen molar-refractivity contribution in [3.63, 3.8) is 0 Å². The van der Waals surface area contributed by atoms with Crippen LogP contribution >= 0.6 is 11.3 Å². The lowest BCUT2D eigenvalue weighted by Gasteiger charge is -2.22. The first-order valence-corrected chi connectivity index (χ1v) is 12.0. The molecule has 1 aromatic heterocycles. The van der Waals surface area contributed by atoms with Gasteiger partial charge in [0.2, 0.25) is 0 Å². The maximum absolute atomic E-state index is 12.4. The van der Waals surface area contributed by atoms with Crippen molar-refractivity contribution in [2.75, 3.05) is 24.4 Å². The number of carbonyl (C=O) groups excluding carboxylic acids is 2. The summed E-state index contributed by atoms with van der Waals surface area (Å²) in [6, 6.07) is 17.0. The van der Waals surface area contributed by atoms with Crippen LogP contribution in [0.1, 0.15) is 20.9 Å². The molecule has 2 amide bonds. The average molecular weight is 488 g/mol. The maximum Gasteiger partial charge on any atom is 0.271 e. The van der Waals surface area contributed by atoms with E-state index in [1.54, 1.807) is 26.1 Å². The number of nitrogens with one attached hydrogen (secondary N) is 2. The summed E-state index contributed by atoms with van der Waals surface area (Å²) < 4.78 is 27.0. The Morgan fingerprint density at radius 3 is 2.48 bits per heavy atom. The fourth-order valence-electron chi connectivity index (χ4n) is 2.90. The Morgan fingerprint density at radius 1 is 1.15 bits per heavy atom. The van der Waals surface area contributed by atoms with Crippen LogP contribution in [-0.2, 0) is 22.4 Å². The van der Waals surface area contributed by atoms with Crippen LogP contribution in [0.2, 0.25) is 0 Å². The number of ether oxygens (including phenoxy) is 1. The lowest BCUT2D eigenvalue weighted by atomic mass is 10.2. The summed E-state index contributed by atoms with van der Waals surface area (Å²) in [6.45, 7) is 2.18. The molecule has 0 aliphatic heterocycles. The number of thiazole rings is 1. The first-order valence-electron chi connectivity index (χ1n) is 9.93. The van der Waals surface area contributed by atoms with Crippen molar-refractivity contribution in [1.29, 1.82) is 0 Å². The van der Waals surface area contributed by atoms with E-state index in [4.69, 9.17) is 4.74 Å². The maximum atomic E-state index is 12.4. The number of aryl methyl sites for hydroxylation is 1. The van der Waals surface area contributed by atoms with E-state index in [9.17, 15) is 18.4 Å². The fraction of sp³-hybridized carbons (Fsp3) is 0.227. The van der Waals surface area contributed by atoms with Gasteiger partial charge in [0, 0.05) is 17.6 Å². The molecule has 0 radical (unpaired) electrons. The van der Waals surface area contributed by atoms with Crippen LogP contribution in [0.25, 0.3) is 0 Å². The number of anilines is 2. The minimum atomic E-state index is -2.39. The van der Waals surface area contributed by atoms with E-state index in [2.05, 4.69) is 15.6 Å². The Morgan fingerprint density at radius 2 is 1.85 bits per heavy atom. The third-order valence-electron chi connectivity index (χ3n) is 4.56. The number of aromatic nitrogens is 1. The molecule has 2 aromatic carbocycles. The van der Waals surface area contributed by atoms with E-state index >= 15 is 0 Å². The minimum absolute atomic E-state index is 0.0815. The molecular weight excluding hydrogens is 464 g/mol. The predicted molar refractivity (Wildman–Crippen MR) is 126 cm³/mol. The Bertz CT molecular complexity index is 1120. The van der Waals surface area contributed by atoms with E-state index in [0.29, 0.717) is 22.3 Å². The topological polar surface area (TPSA) is 124 Å². The van der Waals surface area contributed by atoms with E-state index in [-0.39, 0.29) is 18.2 Å². The number of benzene rings is 2. The lowest BCUT2D eigenvalue weighted by molar-refractivity contribution is -0.122. The van der Waals surface area contributed by atoms with Gasteiger partial charge in [-0.2, -0.15) is 0 Å². The first kappa shape index (κ1) is 24.4. The van der Waals surface area contributed by atoms with Gasteiger partial charge in [0.25, 0.3) is 11.8 Å². The standard InChI is InChI=1S/C22H24N4O5S2/c1-15-20(21(28)24-14-33(29)30)25-22(32-15)26(12-16-6-4-3-5-7-16)17-8-10-18(11-9-17)31-13-19(27)23-2/h3-11H,12-14H2,1-2H3,(H,23,27)(H,24,28)(H,29,30)/p-1. The Kier molecular flexibility index (Phi) is 8.52. The normalized spacial score (nSPS) is 11.5. The third-order valence-corrected chi connectivity index (χ3v) is 5.94. The third kappa shape index (κ3) is 6.85. The quantitative estimate of drug-likeness (QED) is 0.421. The number of rotatable bonds is 10. The highest BCUT2D eigenvalue weighted by Crippen LogP contribution is 2.34. The van der Waals surface area contributed by atoms with Gasteiger partial charge in [-0.15, -0.1) is 11.3 Å². The van der Waals surface area contributed by atoms with Crippen LogP contribution in [0.3, 0.4) is 0 Å². The highest BCUT2D eigenvalue weighted by molar-refractivity contribution is 7.79. The summed E-state index contributed by atoms with van der Waals surface area (Å²) in [5.74, 6) is -0.703. The Hall–Kier alpha value is -3.28. The fourth-order valence-corrected chi connectivity index (χ4v) is 4.07. The molecule has 0 saturated carbocycles. The zero-order chi connectivity index (χ0) is 23.8. The van der Waals surface area contributed by atoms with E-state index in [1.807, 2.05) is 47.4 Å². The van der Waals surface area contributed by atoms with Gasteiger partial charge in [0.15, 0.2) is 11.7 Å². The van der Waals surface area contributed by atoms with Crippen LogP contribution < -0.4 is 20.3 Å². The molecular formula is C22H23N4O5S2-. The smallest absolute Gasteiger partial charge is 0.271 e. The highest BCUT2D eigenvalue weighted by Gasteiger charge is 2.20. The zero-order valence-corrected chi connectivity index (χ0v) is 19.7. The molecule has 0 aliphatic carbocycles. The Labute approximate surface area is 198 Å². The second-order valence-corrected chi connectivity index (χ2v) is 8.96. The molecule has 3 aromatic rings. The van der Waals surface area contributed by atoms with Crippen LogP contribution in [0.4, 0.5) is 10.8 Å². The zero-order valence-electron chi connectivity index (χ0n) is 18.1. The molecule has 3 rings (SSSR count). The number of amides is 2. The average Bonchev–Trinajstić information content (AvgIpc) is 3.21. The van der Waals surface area contributed by atoms with Crippen molar-refractivity contribution in [2.24, 2.45) is 0 Å². The van der Waals surface area contributed by atoms with Crippen molar-refractivity contribution in [3.05, 3.63) is 70.7 Å². The summed E-state index contributed by atoms with van der Waals surface area (Å²) in [4.78, 5) is 30.9. The number of likely N-dealkylation sites (N-methyl/N-ethyl adjacent to an activating group) is 1. The first-order chi connectivity index (χ1) is 15.9. The van der Waals surface area contributed by atoms with E-state index < -0.39 is 22.9 Å². The highest BCUT2D eigenvalue weighted by atomic mass is 32.2. The molecule has 0 saturated heterocycles. The van der Waals surface area contributed by atoms with E-state index in [0.717, 1.165) is 11.3 Å². The van der Waals surface area contributed by atoms with Crippen molar-refractivity contribution >= 4 is 45.1 Å². The summed E-state index contributed by atoms with van der Waals surface area (Å²) in [6.07, 6.45) is 0. The van der Waals surface area contributed by atoms with Crippen LogP contribution in [0.15, 0.2) is 54.6 Å². The molecule has 1 heterocycles. The number of carbonyl (C=O) groups is 2. The van der Waals surface area contributed by atoms with Gasteiger partial charge >= 0.3 is 0 Å². The molecule has 1 unspecified atom stereocenters. The second-order valence-electron chi connectivity index (χ2n) is 6.88. The molecule has 33 heavy (non-hydrogen) atoms. The van der Waals surface area contributed by atoms with Crippen LogP contribution in [-0.4, -0.2) is 45.1 Å². The SMILES string of the molecule is CNC(=O)COc1ccc(N(Cc2ccccc2)c2nc(C(=O)NCS(=O)[O-])c(C)s2)cc1. The molecule has 0 fully saturated rings. The van der Waals surface area contributed by atoms with Gasteiger partial charge in [-0.1, -0.05) is 30.3 Å². The second kappa shape index (κ2) is 11.5. The molecule has 9 nitrogen and oxygen atoms in total. The van der Waals surface area contributed by atoms with Crippen LogP contribution in [0.5, 0.6) is 5.75 Å². The van der Waals surface area contributed by atoms with Gasteiger partial charge in [-0.25, -0.2) is 4.98 Å². The Balaban J connectivity index is 1.88. The molecule has 2 N–H and O–H groups in total.